The molecule has 2 bridgehead atoms. The maximum atomic E-state index is 13.5. The van der Waals surface area contributed by atoms with Gasteiger partial charge in [0.2, 0.25) is 10.0 Å². The summed E-state index contributed by atoms with van der Waals surface area (Å²) >= 11 is 0. The molecule has 0 unspecified atom stereocenters. The van der Waals surface area contributed by atoms with Crippen molar-refractivity contribution in [1.82, 2.24) is 29.5 Å². The van der Waals surface area contributed by atoms with Crippen molar-refractivity contribution in [3.8, 4) is 11.4 Å². The van der Waals surface area contributed by atoms with Crippen molar-refractivity contribution in [2.24, 2.45) is 0 Å². The van der Waals surface area contributed by atoms with E-state index in [1.165, 1.54) is 6.20 Å². The number of pyridine rings is 3. The van der Waals surface area contributed by atoms with Gasteiger partial charge in [-0.25, -0.2) is 18.4 Å². The molecule has 0 radical (unpaired) electrons. The molecule has 2 saturated heterocycles. The highest BCUT2D eigenvalue weighted by Crippen LogP contribution is 2.39. The van der Waals surface area contributed by atoms with Crippen LogP contribution in [0.5, 0.6) is 0 Å². The molecule has 4 aromatic rings. The number of fused-ring (bicyclic) bond motifs is 3. The standard InChI is InChI=1S/C25H28N8O2S/c1-15-10-23(32-31-15)21-8-7-20-22(29-21)13-24(26)30-25(20)28-16-11-17-4-2-5-18(12-16)33(17)36(34,35)19-6-3-9-27-14-19/h3,6-10,13-14,16-18H,2,4-5,11-12H2,1H3,(H,31,32)(H3,26,28,30)/t16-,17+,18-. The summed E-state index contributed by atoms with van der Waals surface area (Å²) in [5.74, 6) is 1.05. The first kappa shape index (κ1) is 22.9. The Morgan fingerprint density at radius 1 is 1.08 bits per heavy atom. The van der Waals surface area contributed by atoms with Crippen molar-refractivity contribution in [2.75, 3.05) is 11.1 Å². The van der Waals surface area contributed by atoms with Crippen LogP contribution in [-0.4, -0.2) is 56.0 Å². The fourth-order valence-electron chi connectivity index (χ4n) is 5.61. The molecule has 4 N–H and O–H groups in total. The van der Waals surface area contributed by atoms with E-state index in [-0.39, 0.29) is 23.0 Å². The SMILES string of the molecule is Cc1cc(-c2ccc3c(N[C@H]4C[C@H]5CCC[C@@H](C4)N5S(=O)(=O)c4cccnc4)nc(N)cc3n2)n[nH]1. The van der Waals surface area contributed by atoms with Gasteiger partial charge in [-0.05, 0) is 62.9 Å². The van der Waals surface area contributed by atoms with E-state index >= 15 is 0 Å². The minimum Gasteiger partial charge on any atom is -0.384 e. The molecule has 10 nitrogen and oxygen atoms in total. The van der Waals surface area contributed by atoms with Crippen LogP contribution in [0, 0.1) is 6.92 Å². The molecular formula is C25H28N8O2S. The Balaban J connectivity index is 1.28. The van der Waals surface area contributed by atoms with E-state index in [9.17, 15) is 8.42 Å². The molecule has 36 heavy (non-hydrogen) atoms. The number of nitrogens with two attached hydrogens (primary N) is 1. The molecular weight excluding hydrogens is 476 g/mol. The summed E-state index contributed by atoms with van der Waals surface area (Å²) in [6, 6.07) is 10.9. The van der Waals surface area contributed by atoms with Crippen LogP contribution < -0.4 is 11.1 Å². The van der Waals surface area contributed by atoms with Crippen molar-refractivity contribution >= 4 is 32.6 Å². The Labute approximate surface area is 209 Å². The van der Waals surface area contributed by atoms with Gasteiger partial charge >= 0.3 is 0 Å². The lowest BCUT2D eigenvalue weighted by Gasteiger charge is -2.47. The number of aryl methyl sites for hydroxylation is 1. The second kappa shape index (κ2) is 8.82. The highest BCUT2D eigenvalue weighted by molar-refractivity contribution is 7.89. The molecule has 0 saturated carbocycles. The Hall–Kier alpha value is -3.57. The zero-order chi connectivity index (χ0) is 24.9. The fourth-order valence-corrected chi connectivity index (χ4v) is 7.47. The van der Waals surface area contributed by atoms with Gasteiger partial charge in [0.25, 0.3) is 0 Å². The number of nitrogens with one attached hydrogen (secondary N) is 2. The van der Waals surface area contributed by atoms with Crippen LogP contribution in [0.2, 0.25) is 0 Å². The van der Waals surface area contributed by atoms with E-state index in [2.05, 4.69) is 25.5 Å². The molecule has 0 amide bonds. The smallest absolute Gasteiger partial charge is 0.245 e. The molecule has 6 rings (SSSR count). The zero-order valence-corrected chi connectivity index (χ0v) is 20.7. The van der Waals surface area contributed by atoms with Gasteiger partial charge in [0.15, 0.2) is 0 Å². The minimum atomic E-state index is -3.60. The fraction of sp³-hybridized carbons (Fsp3) is 0.360. The highest BCUT2D eigenvalue weighted by atomic mass is 32.2. The molecule has 2 fully saturated rings. The summed E-state index contributed by atoms with van der Waals surface area (Å²) in [6.45, 7) is 1.95. The van der Waals surface area contributed by atoms with Crippen LogP contribution in [-0.2, 0) is 10.0 Å². The minimum absolute atomic E-state index is 0.0693. The van der Waals surface area contributed by atoms with Gasteiger partial charge < -0.3 is 11.1 Å². The third-order valence-corrected chi connectivity index (χ3v) is 9.12. The number of nitrogen functional groups attached to an aromatic ring is 1. The van der Waals surface area contributed by atoms with Gasteiger partial charge in [0.05, 0.1) is 11.2 Å². The first-order chi connectivity index (χ1) is 17.4. The van der Waals surface area contributed by atoms with Crippen LogP contribution in [0.4, 0.5) is 11.6 Å². The average Bonchev–Trinajstić information content (AvgIpc) is 3.30. The first-order valence-electron chi connectivity index (χ1n) is 12.2. The van der Waals surface area contributed by atoms with E-state index in [0.717, 1.165) is 47.2 Å². The number of aromatic amines is 1. The van der Waals surface area contributed by atoms with Crippen molar-refractivity contribution < 1.29 is 8.42 Å². The summed E-state index contributed by atoms with van der Waals surface area (Å²) in [6.07, 6.45) is 7.13. The van der Waals surface area contributed by atoms with Crippen LogP contribution in [0.1, 0.15) is 37.8 Å². The Bertz CT molecular complexity index is 1510. The van der Waals surface area contributed by atoms with Gasteiger partial charge in [-0.2, -0.15) is 9.40 Å². The van der Waals surface area contributed by atoms with Crippen LogP contribution in [0.25, 0.3) is 22.3 Å². The largest absolute Gasteiger partial charge is 0.384 e. The van der Waals surface area contributed by atoms with Crippen molar-refractivity contribution in [1.29, 1.82) is 0 Å². The van der Waals surface area contributed by atoms with E-state index in [1.54, 1.807) is 28.7 Å². The number of anilines is 2. The molecule has 2 aliphatic rings. The number of sulfonamides is 1. The molecule has 0 spiro atoms. The van der Waals surface area contributed by atoms with Crippen LogP contribution in [0.15, 0.2) is 53.7 Å². The lowest BCUT2D eigenvalue weighted by atomic mass is 9.84. The van der Waals surface area contributed by atoms with E-state index in [4.69, 9.17) is 10.7 Å². The molecule has 2 aliphatic heterocycles. The van der Waals surface area contributed by atoms with Gasteiger partial charge in [0, 0.05) is 47.7 Å². The molecule has 0 aromatic carbocycles. The number of aromatic nitrogens is 5. The Morgan fingerprint density at radius 2 is 1.89 bits per heavy atom. The molecule has 0 aliphatic carbocycles. The van der Waals surface area contributed by atoms with Crippen LogP contribution in [0.3, 0.4) is 0 Å². The predicted molar refractivity (Wildman–Crippen MR) is 138 cm³/mol. The number of rotatable bonds is 5. The number of H-pyrrole nitrogens is 1. The Morgan fingerprint density at radius 3 is 2.58 bits per heavy atom. The molecule has 3 atom stereocenters. The van der Waals surface area contributed by atoms with Crippen molar-refractivity contribution in [3.05, 3.63) is 54.5 Å². The average molecular weight is 505 g/mol. The van der Waals surface area contributed by atoms with Gasteiger partial charge in [-0.3, -0.25) is 10.1 Å². The zero-order valence-electron chi connectivity index (χ0n) is 19.9. The number of hydrogen-bond acceptors (Lipinski definition) is 8. The number of piperidine rings is 2. The summed E-state index contributed by atoms with van der Waals surface area (Å²) in [5, 5.41) is 11.7. The quantitative estimate of drug-likeness (QED) is 0.375. The van der Waals surface area contributed by atoms with Crippen molar-refractivity contribution in [3.63, 3.8) is 0 Å². The second-order valence-electron chi connectivity index (χ2n) is 9.67. The normalized spacial score (nSPS) is 22.5. The predicted octanol–water partition coefficient (Wildman–Crippen LogP) is 3.49. The summed E-state index contributed by atoms with van der Waals surface area (Å²) in [5.41, 5.74) is 9.38. The second-order valence-corrected chi connectivity index (χ2v) is 11.5. The number of hydrogen-bond donors (Lipinski definition) is 3. The van der Waals surface area contributed by atoms with Gasteiger partial charge in [-0.15, -0.1) is 0 Å². The molecule has 186 valence electrons. The Kier molecular flexibility index (Phi) is 5.60. The summed E-state index contributed by atoms with van der Waals surface area (Å²) in [4.78, 5) is 13.6. The molecule has 11 heteroatoms. The lowest BCUT2D eigenvalue weighted by Crippen LogP contribution is -2.56. The maximum absolute atomic E-state index is 13.5. The third-order valence-electron chi connectivity index (χ3n) is 7.13. The van der Waals surface area contributed by atoms with Crippen LogP contribution >= 0.6 is 0 Å². The van der Waals surface area contributed by atoms with E-state index < -0.39 is 10.0 Å². The lowest BCUT2D eigenvalue weighted by molar-refractivity contribution is 0.116. The summed E-state index contributed by atoms with van der Waals surface area (Å²) in [7, 11) is -3.60. The topological polar surface area (TPSA) is 143 Å². The monoisotopic (exact) mass is 504 g/mol. The van der Waals surface area contributed by atoms with Gasteiger partial charge in [0.1, 0.15) is 22.2 Å². The third kappa shape index (κ3) is 4.07. The molecule has 6 heterocycles. The first-order valence-corrected chi connectivity index (χ1v) is 13.6. The molecule has 4 aromatic heterocycles. The number of nitrogens with zero attached hydrogens (tertiary/aromatic N) is 5. The van der Waals surface area contributed by atoms with Crippen molar-refractivity contribution in [2.45, 2.75) is 62.0 Å². The summed E-state index contributed by atoms with van der Waals surface area (Å²) < 4.78 is 28.6. The van der Waals surface area contributed by atoms with Gasteiger partial charge in [-0.1, -0.05) is 6.42 Å². The van der Waals surface area contributed by atoms with E-state index in [0.29, 0.717) is 24.5 Å². The maximum Gasteiger partial charge on any atom is 0.245 e. The highest BCUT2D eigenvalue weighted by Gasteiger charge is 2.45. The van der Waals surface area contributed by atoms with E-state index in [1.807, 2.05) is 25.1 Å².